The van der Waals surface area contributed by atoms with E-state index >= 15 is 0 Å². The van der Waals surface area contributed by atoms with Crippen LogP contribution in [0.5, 0.6) is 0 Å². The number of hydrogen-bond acceptors (Lipinski definition) is 2. The second kappa shape index (κ2) is 24.2. The molecule has 0 saturated heterocycles. The number of Topliss-reactive ketones (excluding diaryl/α,β-unsaturated/α-hetero) is 2. The summed E-state index contributed by atoms with van der Waals surface area (Å²) in [7, 11) is 0. The number of rotatable bonds is 24. The Bertz CT molecular complexity index is 542. The fourth-order valence-corrected chi connectivity index (χ4v) is 6.65. The Balaban J connectivity index is 0. The summed E-state index contributed by atoms with van der Waals surface area (Å²) < 4.78 is 0. The molecule has 0 aromatic rings. The topological polar surface area (TPSA) is 34.1 Å². The number of carbonyl (C=O) groups is 2. The van der Waals surface area contributed by atoms with Crippen molar-refractivity contribution in [3.63, 3.8) is 0 Å². The van der Waals surface area contributed by atoms with E-state index in [0.717, 1.165) is 64.2 Å². The van der Waals surface area contributed by atoms with Crippen LogP contribution in [0.25, 0.3) is 0 Å². The molecule has 0 saturated carbocycles. The second-order valence-corrected chi connectivity index (χ2v) is 13.4. The van der Waals surface area contributed by atoms with Crippen molar-refractivity contribution in [2.24, 2.45) is 22.7 Å². The fourth-order valence-electron chi connectivity index (χ4n) is 6.65. The average molecular weight is 537 g/mol. The Labute approximate surface area is 241 Å². The number of ketones is 2. The molecule has 0 spiro atoms. The first-order valence-corrected chi connectivity index (χ1v) is 17.1. The van der Waals surface area contributed by atoms with E-state index in [1.807, 2.05) is 0 Å². The second-order valence-electron chi connectivity index (χ2n) is 13.4. The molecule has 0 aliphatic carbocycles. The normalized spacial score (nSPS) is 12.1. The summed E-state index contributed by atoms with van der Waals surface area (Å²) in [5.41, 5.74) is 0.288. The fraction of sp³-hybridized carbons (Fsp3) is 0.944. The van der Waals surface area contributed by atoms with Crippen molar-refractivity contribution in [2.75, 3.05) is 0 Å². The quantitative estimate of drug-likeness (QED) is 0.115. The van der Waals surface area contributed by atoms with Gasteiger partial charge in [-0.15, -0.1) is 0 Å². The predicted octanol–water partition coefficient (Wildman–Crippen LogP) is 12.3. The van der Waals surface area contributed by atoms with E-state index in [-0.39, 0.29) is 5.41 Å². The molecule has 0 N–H and O–H groups in total. The SMILES string of the molecule is CCCCC(=O)C(CCC)(CC(C)C)CC(C)C.CCCCCC(=O)CC(CCC)(CCCC)CCCC. The molecule has 0 bridgehead atoms. The predicted molar refractivity (Wildman–Crippen MR) is 171 cm³/mol. The Morgan fingerprint density at radius 1 is 0.526 bits per heavy atom. The van der Waals surface area contributed by atoms with Crippen LogP contribution in [0.3, 0.4) is 0 Å². The van der Waals surface area contributed by atoms with Gasteiger partial charge in [-0.25, -0.2) is 0 Å². The summed E-state index contributed by atoms with van der Waals surface area (Å²) in [6, 6.07) is 0. The van der Waals surface area contributed by atoms with Gasteiger partial charge in [0.05, 0.1) is 0 Å². The van der Waals surface area contributed by atoms with Crippen LogP contribution in [0.1, 0.15) is 198 Å². The molecule has 0 radical (unpaired) electrons. The van der Waals surface area contributed by atoms with E-state index in [4.69, 9.17) is 0 Å². The molecule has 0 rings (SSSR count). The molecule has 38 heavy (non-hydrogen) atoms. The van der Waals surface area contributed by atoms with Crippen molar-refractivity contribution in [3.05, 3.63) is 0 Å². The number of hydrogen-bond donors (Lipinski definition) is 0. The van der Waals surface area contributed by atoms with Crippen LogP contribution in [0.15, 0.2) is 0 Å². The Morgan fingerprint density at radius 3 is 1.39 bits per heavy atom. The van der Waals surface area contributed by atoms with E-state index in [9.17, 15) is 9.59 Å². The first-order chi connectivity index (χ1) is 18.0. The maximum atomic E-state index is 12.7. The zero-order chi connectivity index (χ0) is 29.5. The highest BCUT2D eigenvalue weighted by atomic mass is 16.1. The van der Waals surface area contributed by atoms with Crippen molar-refractivity contribution >= 4 is 11.6 Å². The van der Waals surface area contributed by atoms with E-state index in [2.05, 4.69) is 69.2 Å². The maximum absolute atomic E-state index is 12.7. The maximum Gasteiger partial charge on any atom is 0.139 e. The molecule has 0 unspecified atom stereocenters. The summed E-state index contributed by atoms with van der Waals surface area (Å²) in [5, 5.41) is 0. The van der Waals surface area contributed by atoms with Gasteiger partial charge in [0.25, 0.3) is 0 Å². The van der Waals surface area contributed by atoms with Crippen LogP contribution in [-0.4, -0.2) is 11.6 Å². The van der Waals surface area contributed by atoms with Crippen LogP contribution < -0.4 is 0 Å². The van der Waals surface area contributed by atoms with E-state index in [0.29, 0.717) is 28.8 Å². The molecule has 2 nitrogen and oxygen atoms in total. The number of unbranched alkanes of at least 4 members (excludes halogenated alkanes) is 5. The van der Waals surface area contributed by atoms with Gasteiger partial charge in [-0.3, -0.25) is 9.59 Å². The van der Waals surface area contributed by atoms with E-state index in [1.165, 1.54) is 64.2 Å². The molecule has 2 heteroatoms. The summed E-state index contributed by atoms with van der Waals surface area (Å²) >= 11 is 0. The standard InChI is InChI=1S/C19H38O.C17H34O/c1-5-9-12-13-18(20)17-19(14-8-4,15-10-6-2)16-11-7-3;1-7-9-10-16(18)17(11-8-2,12-14(3)4)13-15(5)6/h5-17H2,1-4H3;14-15H,7-13H2,1-6H3. The molecular weight excluding hydrogens is 464 g/mol. The van der Waals surface area contributed by atoms with E-state index in [1.54, 1.807) is 0 Å². The lowest BCUT2D eigenvalue weighted by molar-refractivity contribution is -0.131. The van der Waals surface area contributed by atoms with Gasteiger partial charge < -0.3 is 0 Å². The van der Waals surface area contributed by atoms with E-state index < -0.39 is 0 Å². The molecule has 0 heterocycles. The van der Waals surface area contributed by atoms with Gasteiger partial charge in [0, 0.05) is 24.7 Å². The smallest absolute Gasteiger partial charge is 0.139 e. The largest absolute Gasteiger partial charge is 0.300 e. The zero-order valence-corrected chi connectivity index (χ0v) is 28.1. The molecule has 0 aromatic heterocycles. The highest BCUT2D eigenvalue weighted by Crippen LogP contribution is 2.41. The van der Waals surface area contributed by atoms with Gasteiger partial charge in [-0.1, -0.05) is 127 Å². The molecule has 0 atom stereocenters. The van der Waals surface area contributed by atoms with Gasteiger partial charge in [-0.05, 0) is 68.6 Å². The molecule has 0 amide bonds. The lowest BCUT2D eigenvalue weighted by Crippen LogP contribution is -2.34. The minimum absolute atomic E-state index is 0.0355. The highest BCUT2D eigenvalue weighted by Gasteiger charge is 2.37. The first-order valence-electron chi connectivity index (χ1n) is 17.1. The van der Waals surface area contributed by atoms with Crippen LogP contribution >= 0.6 is 0 Å². The van der Waals surface area contributed by atoms with Crippen LogP contribution in [0.4, 0.5) is 0 Å². The van der Waals surface area contributed by atoms with Gasteiger partial charge in [0.2, 0.25) is 0 Å². The molecular formula is C36H72O2. The Hall–Kier alpha value is -0.660. The molecule has 0 fully saturated rings. The van der Waals surface area contributed by atoms with Crippen molar-refractivity contribution in [2.45, 2.75) is 198 Å². The minimum atomic E-state index is -0.0355. The van der Waals surface area contributed by atoms with Crippen molar-refractivity contribution in [1.29, 1.82) is 0 Å². The Morgan fingerprint density at radius 2 is 1.00 bits per heavy atom. The molecule has 0 aromatic carbocycles. The van der Waals surface area contributed by atoms with Crippen molar-refractivity contribution < 1.29 is 9.59 Å². The van der Waals surface area contributed by atoms with Gasteiger partial charge >= 0.3 is 0 Å². The molecule has 0 aliphatic rings. The van der Waals surface area contributed by atoms with Crippen LogP contribution in [-0.2, 0) is 9.59 Å². The zero-order valence-electron chi connectivity index (χ0n) is 28.1. The minimum Gasteiger partial charge on any atom is -0.300 e. The summed E-state index contributed by atoms with van der Waals surface area (Å²) in [6.07, 6.45) is 22.5. The number of carbonyl (C=O) groups excluding carboxylic acids is 2. The van der Waals surface area contributed by atoms with Crippen LogP contribution in [0, 0.1) is 22.7 Å². The summed E-state index contributed by atoms with van der Waals surface area (Å²) in [5.74, 6) is 2.29. The van der Waals surface area contributed by atoms with Gasteiger partial charge in [-0.2, -0.15) is 0 Å². The first kappa shape index (κ1) is 39.5. The average Bonchev–Trinajstić information content (AvgIpc) is 2.84. The highest BCUT2D eigenvalue weighted by molar-refractivity contribution is 5.84. The molecule has 0 aliphatic heterocycles. The van der Waals surface area contributed by atoms with Crippen molar-refractivity contribution in [1.82, 2.24) is 0 Å². The third kappa shape index (κ3) is 18.6. The third-order valence-electron chi connectivity index (χ3n) is 8.21. The van der Waals surface area contributed by atoms with Crippen molar-refractivity contribution in [3.8, 4) is 0 Å². The monoisotopic (exact) mass is 537 g/mol. The van der Waals surface area contributed by atoms with Gasteiger partial charge in [0.1, 0.15) is 11.6 Å². The lowest BCUT2D eigenvalue weighted by atomic mass is 9.67. The lowest BCUT2D eigenvalue weighted by Gasteiger charge is -2.35. The summed E-state index contributed by atoms with van der Waals surface area (Å²) in [4.78, 5) is 25.0. The van der Waals surface area contributed by atoms with Gasteiger partial charge in [0.15, 0.2) is 0 Å². The Kier molecular flexibility index (Phi) is 25.1. The summed E-state index contributed by atoms with van der Waals surface area (Å²) in [6.45, 7) is 22.4. The third-order valence-corrected chi connectivity index (χ3v) is 8.21. The van der Waals surface area contributed by atoms with Crippen LogP contribution in [0.2, 0.25) is 0 Å². The molecule has 228 valence electrons.